The van der Waals surface area contributed by atoms with Gasteiger partial charge in [0.05, 0.1) is 0 Å². The van der Waals surface area contributed by atoms with Gasteiger partial charge in [-0.2, -0.15) is 0 Å². The SMILES string of the molecule is Cl.N[C@@H]1C(=O)N2C(C(=O)OC(c3ccccc3)c3ccccc3)=C(CCl)CS[C@@H]12. The summed E-state index contributed by atoms with van der Waals surface area (Å²) in [5.41, 5.74) is 8.52. The van der Waals surface area contributed by atoms with Crippen molar-refractivity contribution in [2.45, 2.75) is 17.5 Å². The van der Waals surface area contributed by atoms with Crippen LogP contribution in [0.3, 0.4) is 0 Å². The van der Waals surface area contributed by atoms with Gasteiger partial charge in [-0.15, -0.1) is 35.8 Å². The number of thioether (sulfide) groups is 1. The molecule has 0 spiro atoms. The second kappa shape index (κ2) is 9.22. The van der Waals surface area contributed by atoms with Gasteiger partial charge in [-0.25, -0.2) is 4.79 Å². The lowest BCUT2D eigenvalue weighted by Crippen LogP contribution is -2.68. The highest BCUT2D eigenvalue weighted by molar-refractivity contribution is 8.00. The summed E-state index contributed by atoms with van der Waals surface area (Å²) in [6.07, 6.45) is -0.586. The van der Waals surface area contributed by atoms with Gasteiger partial charge < -0.3 is 10.5 Å². The fraction of sp³-hybridized carbons (Fsp3) is 0.238. The van der Waals surface area contributed by atoms with Crippen LogP contribution in [-0.4, -0.2) is 39.8 Å². The minimum atomic E-state index is -0.594. The third-order valence-corrected chi connectivity index (χ3v) is 6.56. The summed E-state index contributed by atoms with van der Waals surface area (Å²) in [6, 6.07) is 18.4. The van der Waals surface area contributed by atoms with Gasteiger partial charge in [0.2, 0.25) is 5.91 Å². The fourth-order valence-electron chi connectivity index (χ4n) is 3.42. The molecule has 4 rings (SSSR count). The topological polar surface area (TPSA) is 72.6 Å². The number of benzene rings is 2. The average Bonchev–Trinajstić information content (AvgIpc) is 2.76. The number of hydrogen-bond donors (Lipinski definition) is 1. The van der Waals surface area contributed by atoms with Gasteiger partial charge in [0, 0.05) is 11.6 Å². The number of amides is 1. The van der Waals surface area contributed by atoms with E-state index in [0.29, 0.717) is 11.3 Å². The molecule has 2 aromatic carbocycles. The maximum atomic E-state index is 13.2. The van der Waals surface area contributed by atoms with E-state index in [-0.39, 0.29) is 35.3 Å². The number of nitrogens with zero attached hydrogens (tertiary/aromatic N) is 1. The number of rotatable bonds is 5. The van der Waals surface area contributed by atoms with E-state index in [4.69, 9.17) is 22.1 Å². The highest BCUT2D eigenvalue weighted by Crippen LogP contribution is 2.41. The number of nitrogens with two attached hydrogens (primary N) is 1. The quantitative estimate of drug-likeness (QED) is 0.428. The molecule has 2 N–H and O–H groups in total. The molecule has 0 bridgehead atoms. The third kappa shape index (κ3) is 4.03. The smallest absolute Gasteiger partial charge is 0.356 e. The molecule has 0 unspecified atom stereocenters. The molecule has 0 aliphatic carbocycles. The van der Waals surface area contributed by atoms with Crippen LogP contribution >= 0.6 is 35.8 Å². The number of halogens is 2. The molecule has 1 amide bonds. The van der Waals surface area contributed by atoms with E-state index < -0.39 is 18.1 Å². The van der Waals surface area contributed by atoms with Crippen molar-refractivity contribution in [1.29, 1.82) is 0 Å². The molecule has 152 valence electrons. The molecule has 0 radical (unpaired) electrons. The standard InChI is InChI=1S/C21H19ClN2O3S.ClH/c22-11-15-12-28-20-16(23)19(25)24(20)17(15)21(26)27-18(13-7-3-1-4-8-13)14-9-5-2-6-10-14;/h1-10,16,18,20H,11-12,23H2;1H/t16-,20+;/m1./s1. The largest absolute Gasteiger partial charge is 0.448 e. The second-order valence-electron chi connectivity index (χ2n) is 6.63. The maximum absolute atomic E-state index is 13.2. The van der Waals surface area contributed by atoms with Crippen LogP contribution in [0.25, 0.3) is 0 Å². The van der Waals surface area contributed by atoms with E-state index >= 15 is 0 Å². The number of β-lactam (4-membered cyclic amide) rings is 1. The molecule has 5 nitrogen and oxygen atoms in total. The summed E-state index contributed by atoms with van der Waals surface area (Å²) in [5.74, 6) is -0.122. The predicted molar refractivity (Wildman–Crippen MR) is 117 cm³/mol. The lowest BCUT2D eigenvalue weighted by atomic mass is 10.0. The van der Waals surface area contributed by atoms with E-state index in [2.05, 4.69) is 0 Å². The predicted octanol–water partition coefficient (Wildman–Crippen LogP) is 3.48. The Kier molecular flexibility index (Phi) is 6.90. The molecule has 29 heavy (non-hydrogen) atoms. The second-order valence-corrected chi connectivity index (χ2v) is 8.00. The molecule has 2 aromatic rings. The summed E-state index contributed by atoms with van der Waals surface area (Å²) in [4.78, 5) is 26.9. The van der Waals surface area contributed by atoms with Crippen LogP contribution in [-0.2, 0) is 14.3 Å². The van der Waals surface area contributed by atoms with Gasteiger partial charge in [-0.05, 0) is 16.7 Å². The van der Waals surface area contributed by atoms with Gasteiger partial charge in [0.15, 0.2) is 6.10 Å². The zero-order chi connectivity index (χ0) is 19.7. The molecule has 0 aromatic heterocycles. The number of fused-ring (bicyclic) bond motifs is 1. The number of hydrogen-bond acceptors (Lipinski definition) is 5. The molecule has 2 atom stereocenters. The lowest BCUT2D eigenvalue weighted by molar-refractivity contribution is -0.153. The zero-order valence-electron chi connectivity index (χ0n) is 15.4. The zero-order valence-corrected chi connectivity index (χ0v) is 17.8. The molecule has 2 aliphatic heterocycles. The number of alkyl halides is 1. The lowest BCUT2D eigenvalue weighted by Gasteiger charge is -2.48. The summed E-state index contributed by atoms with van der Waals surface area (Å²) in [6.45, 7) is 0. The minimum Gasteiger partial charge on any atom is -0.448 e. The van der Waals surface area contributed by atoms with E-state index in [0.717, 1.165) is 11.1 Å². The molecular weight excluding hydrogens is 431 g/mol. The molecule has 1 saturated heterocycles. The molecule has 1 fully saturated rings. The minimum absolute atomic E-state index is 0. The number of esters is 1. The number of ether oxygens (including phenoxy) is 1. The van der Waals surface area contributed by atoms with Crippen molar-refractivity contribution < 1.29 is 14.3 Å². The van der Waals surface area contributed by atoms with E-state index in [1.165, 1.54) is 16.7 Å². The first-order valence-electron chi connectivity index (χ1n) is 8.91. The van der Waals surface area contributed by atoms with Crippen molar-refractivity contribution in [3.63, 3.8) is 0 Å². The average molecular weight is 451 g/mol. The van der Waals surface area contributed by atoms with Crippen LogP contribution in [0, 0.1) is 0 Å². The van der Waals surface area contributed by atoms with Crippen LogP contribution in [0.15, 0.2) is 71.9 Å². The summed E-state index contributed by atoms with van der Waals surface area (Å²) in [7, 11) is 0. The van der Waals surface area contributed by atoms with Crippen molar-refractivity contribution in [2.75, 3.05) is 11.6 Å². The first-order valence-corrected chi connectivity index (χ1v) is 10.5. The Labute approximate surface area is 184 Å². The van der Waals surface area contributed by atoms with E-state index in [9.17, 15) is 9.59 Å². The number of carbonyl (C=O) groups excluding carboxylic acids is 2. The Morgan fingerprint density at radius 1 is 1.14 bits per heavy atom. The number of carbonyl (C=O) groups is 2. The normalized spacial score (nSPS) is 20.7. The monoisotopic (exact) mass is 450 g/mol. The Morgan fingerprint density at radius 3 is 2.21 bits per heavy atom. The van der Waals surface area contributed by atoms with Crippen LogP contribution in [0.1, 0.15) is 17.2 Å². The summed E-state index contributed by atoms with van der Waals surface area (Å²) >= 11 is 7.58. The molecule has 2 heterocycles. The van der Waals surface area contributed by atoms with Crippen LogP contribution in [0.5, 0.6) is 0 Å². The first kappa shape index (κ1) is 21.7. The third-order valence-electron chi connectivity index (χ3n) is 4.87. The van der Waals surface area contributed by atoms with Crippen LogP contribution in [0.4, 0.5) is 0 Å². The van der Waals surface area contributed by atoms with E-state index in [1.807, 2.05) is 60.7 Å². The van der Waals surface area contributed by atoms with Gasteiger partial charge in [-0.3, -0.25) is 9.69 Å². The van der Waals surface area contributed by atoms with Gasteiger partial charge >= 0.3 is 5.97 Å². The van der Waals surface area contributed by atoms with Crippen molar-refractivity contribution in [3.8, 4) is 0 Å². The van der Waals surface area contributed by atoms with Gasteiger partial charge in [0.1, 0.15) is 17.1 Å². The summed E-state index contributed by atoms with van der Waals surface area (Å²) < 4.78 is 5.93. The Hall–Kier alpha value is -1.99. The van der Waals surface area contributed by atoms with Crippen molar-refractivity contribution in [2.24, 2.45) is 5.73 Å². The molecule has 0 saturated carbocycles. The highest BCUT2D eigenvalue weighted by atomic mass is 35.5. The Morgan fingerprint density at radius 2 is 1.69 bits per heavy atom. The molecular formula is C21H20Cl2N2O3S. The fourth-order valence-corrected chi connectivity index (χ4v) is 5.04. The summed E-state index contributed by atoms with van der Waals surface area (Å²) in [5, 5.41) is -0.242. The van der Waals surface area contributed by atoms with Gasteiger partial charge in [0.25, 0.3) is 0 Å². The van der Waals surface area contributed by atoms with Crippen molar-refractivity contribution in [3.05, 3.63) is 83.1 Å². The van der Waals surface area contributed by atoms with Crippen molar-refractivity contribution >= 4 is 47.6 Å². The Bertz CT molecular complexity index is 885. The maximum Gasteiger partial charge on any atom is 0.356 e. The first-order chi connectivity index (χ1) is 13.6. The van der Waals surface area contributed by atoms with Crippen molar-refractivity contribution in [1.82, 2.24) is 4.90 Å². The van der Waals surface area contributed by atoms with E-state index in [1.54, 1.807) is 0 Å². The molecule has 2 aliphatic rings. The van der Waals surface area contributed by atoms with Crippen LogP contribution in [0.2, 0.25) is 0 Å². The highest BCUT2D eigenvalue weighted by Gasteiger charge is 2.52. The van der Waals surface area contributed by atoms with Crippen LogP contribution < -0.4 is 5.73 Å². The Balaban J connectivity index is 0.00000240. The van der Waals surface area contributed by atoms with Gasteiger partial charge in [-0.1, -0.05) is 60.7 Å². The molecule has 8 heteroatoms.